The molecule has 0 saturated carbocycles. The van der Waals surface area contributed by atoms with E-state index in [-0.39, 0.29) is 24.0 Å². The SMILES string of the molecule is CC(C)N[C@H]1C(=O)c2ccccc2O[C@@H]1c1ccccc1. The molecule has 21 heavy (non-hydrogen) atoms. The van der Waals surface area contributed by atoms with Gasteiger partial charge in [-0.25, -0.2) is 0 Å². The van der Waals surface area contributed by atoms with Crippen LogP contribution in [0.2, 0.25) is 0 Å². The van der Waals surface area contributed by atoms with Crippen LogP contribution in [0.25, 0.3) is 0 Å². The number of benzene rings is 2. The molecule has 0 saturated heterocycles. The highest BCUT2D eigenvalue weighted by atomic mass is 16.5. The Morgan fingerprint density at radius 1 is 1.00 bits per heavy atom. The van der Waals surface area contributed by atoms with Crippen LogP contribution >= 0.6 is 0 Å². The van der Waals surface area contributed by atoms with Crippen LogP contribution in [0.1, 0.15) is 35.9 Å². The zero-order valence-corrected chi connectivity index (χ0v) is 12.2. The van der Waals surface area contributed by atoms with E-state index in [0.717, 1.165) is 5.56 Å². The first-order valence-electron chi connectivity index (χ1n) is 7.27. The van der Waals surface area contributed by atoms with Gasteiger partial charge in [-0.2, -0.15) is 0 Å². The maximum absolute atomic E-state index is 12.8. The molecule has 0 radical (unpaired) electrons. The molecule has 1 aliphatic rings. The largest absolute Gasteiger partial charge is 0.483 e. The number of carbonyl (C=O) groups is 1. The number of fused-ring (bicyclic) bond motifs is 1. The van der Waals surface area contributed by atoms with Gasteiger partial charge in [-0.1, -0.05) is 56.3 Å². The van der Waals surface area contributed by atoms with Gasteiger partial charge in [0.2, 0.25) is 0 Å². The number of hydrogen-bond donors (Lipinski definition) is 1. The van der Waals surface area contributed by atoms with Gasteiger partial charge in [0.15, 0.2) is 5.78 Å². The summed E-state index contributed by atoms with van der Waals surface area (Å²) in [6.45, 7) is 4.08. The first kappa shape index (κ1) is 13.8. The molecule has 0 aliphatic carbocycles. The van der Waals surface area contributed by atoms with Crippen LogP contribution in [-0.4, -0.2) is 17.9 Å². The lowest BCUT2D eigenvalue weighted by Crippen LogP contribution is -2.49. The maximum atomic E-state index is 12.8. The number of hydrogen-bond acceptors (Lipinski definition) is 3. The van der Waals surface area contributed by atoms with E-state index in [1.54, 1.807) is 0 Å². The Hall–Kier alpha value is -2.13. The van der Waals surface area contributed by atoms with E-state index in [1.165, 1.54) is 0 Å². The summed E-state index contributed by atoms with van der Waals surface area (Å²) in [5.41, 5.74) is 1.67. The number of ketones is 1. The average molecular weight is 281 g/mol. The number of Topliss-reactive ketones (excluding diaryl/α,β-unsaturated/α-hetero) is 1. The number of nitrogens with one attached hydrogen (secondary N) is 1. The van der Waals surface area contributed by atoms with E-state index in [2.05, 4.69) is 5.32 Å². The van der Waals surface area contributed by atoms with Crippen LogP contribution in [0.4, 0.5) is 0 Å². The number of rotatable bonds is 3. The first-order chi connectivity index (χ1) is 10.2. The quantitative estimate of drug-likeness (QED) is 0.937. The zero-order valence-electron chi connectivity index (χ0n) is 12.2. The molecule has 0 spiro atoms. The molecule has 0 fully saturated rings. The Morgan fingerprint density at radius 3 is 2.38 bits per heavy atom. The van der Waals surface area contributed by atoms with Crippen LogP contribution in [0.15, 0.2) is 54.6 Å². The van der Waals surface area contributed by atoms with Gasteiger partial charge in [0, 0.05) is 6.04 Å². The molecule has 0 bridgehead atoms. The molecule has 3 rings (SSSR count). The molecule has 3 nitrogen and oxygen atoms in total. The minimum absolute atomic E-state index is 0.0967. The third kappa shape index (κ3) is 2.69. The van der Waals surface area contributed by atoms with Crippen molar-refractivity contribution in [3.63, 3.8) is 0 Å². The summed E-state index contributed by atoms with van der Waals surface area (Å²) >= 11 is 0. The molecule has 2 aromatic rings. The standard InChI is InChI=1S/C18H19NO2/c1-12(2)19-16-17(20)14-10-6-7-11-15(14)21-18(16)13-8-4-3-5-9-13/h3-12,16,18-19H,1-2H3/t16-,18+/m0/s1. The van der Waals surface area contributed by atoms with Gasteiger partial charge >= 0.3 is 0 Å². The van der Waals surface area contributed by atoms with Gasteiger partial charge in [0.25, 0.3) is 0 Å². The first-order valence-corrected chi connectivity index (χ1v) is 7.27. The predicted molar refractivity (Wildman–Crippen MR) is 82.6 cm³/mol. The Morgan fingerprint density at radius 2 is 1.67 bits per heavy atom. The van der Waals surface area contributed by atoms with Crippen molar-refractivity contribution in [1.82, 2.24) is 5.32 Å². The zero-order chi connectivity index (χ0) is 14.8. The molecule has 1 aliphatic heterocycles. The Labute approximate surface area is 124 Å². The van der Waals surface area contributed by atoms with Crippen molar-refractivity contribution in [3.8, 4) is 5.75 Å². The van der Waals surface area contributed by atoms with Gasteiger partial charge in [-0.15, -0.1) is 0 Å². The molecular weight excluding hydrogens is 262 g/mol. The number of carbonyl (C=O) groups excluding carboxylic acids is 1. The van der Waals surface area contributed by atoms with Gasteiger partial charge in [0.05, 0.1) is 5.56 Å². The summed E-state index contributed by atoms with van der Waals surface area (Å²) in [5, 5.41) is 3.35. The van der Waals surface area contributed by atoms with Gasteiger partial charge in [-0.05, 0) is 17.7 Å². The number of ether oxygens (including phenoxy) is 1. The van der Waals surface area contributed by atoms with E-state index in [1.807, 2.05) is 68.4 Å². The summed E-state index contributed by atoms with van der Waals surface area (Å²) in [7, 11) is 0. The van der Waals surface area contributed by atoms with E-state index in [4.69, 9.17) is 4.74 Å². The van der Waals surface area contributed by atoms with Gasteiger partial charge < -0.3 is 10.1 Å². The van der Waals surface area contributed by atoms with E-state index in [9.17, 15) is 4.79 Å². The van der Waals surface area contributed by atoms with Gasteiger partial charge in [-0.3, -0.25) is 4.79 Å². The number of para-hydroxylation sites is 1. The molecule has 108 valence electrons. The third-order valence-electron chi connectivity index (χ3n) is 3.63. The average Bonchev–Trinajstić information content (AvgIpc) is 2.50. The van der Waals surface area contributed by atoms with Crippen LogP contribution in [0.5, 0.6) is 5.75 Å². The lowest BCUT2D eigenvalue weighted by molar-refractivity contribution is 0.0721. The second-order valence-corrected chi connectivity index (χ2v) is 5.61. The van der Waals surface area contributed by atoms with Gasteiger partial charge in [0.1, 0.15) is 17.9 Å². The van der Waals surface area contributed by atoms with Crippen molar-refractivity contribution in [1.29, 1.82) is 0 Å². The van der Waals surface area contributed by atoms with Crippen molar-refractivity contribution < 1.29 is 9.53 Å². The Balaban J connectivity index is 2.03. The van der Waals surface area contributed by atoms with Crippen molar-refractivity contribution >= 4 is 5.78 Å². The summed E-state index contributed by atoms with van der Waals surface area (Å²) in [4.78, 5) is 12.8. The molecule has 2 atom stereocenters. The summed E-state index contributed by atoms with van der Waals surface area (Å²) < 4.78 is 6.12. The molecule has 0 amide bonds. The van der Waals surface area contributed by atoms with Crippen LogP contribution in [0, 0.1) is 0 Å². The minimum atomic E-state index is -0.359. The normalized spacial score (nSPS) is 21.0. The van der Waals surface area contributed by atoms with E-state index >= 15 is 0 Å². The molecule has 0 unspecified atom stereocenters. The van der Waals surface area contributed by atoms with Crippen LogP contribution < -0.4 is 10.1 Å². The molecule has 0 aromatic heterocycles. The summed E-state index contributed by atoms with van der Waals surface area (Å²) in [6.07, 6.45) is -0.295. The van der Waals surface area contributed by atoms with E-state index < -0.39 is 0 Å². The molecule has 1 heterocycles. The lowest BCUT2D eigenvalue weighted by Gasteiger charge is -2.34. The Bertz CT molecular complexity index is 637. The third-order valence-corrected chi connectivity index (χ3v) is 3.63. The molecule has 2 aromatic carbocycles. The minimum Gasteiger partial charge on any atom is -0.483 e. The predicted octanol–water partition coefficient (Wildman–Crippen LogP) is 3.37. The summed E-state index contributed by atoms with van der Waals surface area (Å²) in [5.74, 6) is 0.762. The topological polar surface area (TPSA) is 38.3 Å². The lowest BCUT2D eigenvalue weighted by atomic mass is 9.91. The second kappa shape index (κ2) is 5.70. The van der Waals surface area contributed by atoms with Crippen molar-refractivity contribution in [2.24, 2.45) is 0 Å². The fraction of sp³-hybridized carbons (Fsp3) is 0.278. The Kier molecular flexibility index (Phi) is 3.76. The van der Waals surface area contributed by atoms with Crippen molar-refractivity contribution in [3.05, 3.63) is 65.7 Å². The molecule has 1 N–H and O–H groups in total. The maximum Gasteiger partial charge on any atom is 0.187 e. The highest BCUT2D eigenvalue weighted by Crippen LogP contribution is 2.35. The van der Waals surface area contributed by atoms with E-state index in [0.29, 0.717) is 11.3 Å². The van der Waals surface area contributed by atoms with Crippen LogP contribution in [0.3, 0.4) is 0 Å². The molecular formula is C18H19NO2. The fourth-order valence-corrected chi connectivity index (χ4v) is 2.71. The smallest absolute Gasteiger partial charge is 0.187 e. The highest BCUT2D eigenvalue weighted by molar-refractivity contribution is 6.03. The van der Waals surface area contributed by atoms with Crippen LogP contribution in [-0.2, 0) is 0 Å². The molecule has 3 heteroatoms. The second-order valence-electron chi connectivity index (χ2n) is 5.61. The fourth-order valence-electron chi connectivity index (χ4n) is 2.71. The summed E-state index contributed by atoms with van der Waals surface area (Å²) in [6, 6.07) is 17.2. The highest BCUT2D eigenvalue weighted by Gasteiger charge is 2.38. The van der Waals surface area contributed by atoms with Crippen molar-refractivity contribution in [2.45, 2.75) is 32.0 Å². The monoisotopic (exact) mass is 281 g/mol. The van der Waals surface area contributed by atoms with Crippen molar-refractivity contribution in [2.75, 3.05) is 0 Å².